The van der Waals surface area contributed by atoms with Gasteiger partial charge in [-0.2, -0.15) is 0 Å². The monoisotopic (exact) mass is 344 g/mol. The van der Waals surface area contributed by atoms with E-state index in [-0.39, 0.29) is 22.9 Å². The maximum absolute atomic E-state index is 11.2. The zero-order valence-electron chi connectivity index (χ0n) is 13.2. The zero-order valence-corrected chi connectivity index (χ0v) is 13.2. The third-order valence-electron chi connectivity index (χ3n) is 3.63. The van der Waals surface area contributed by atoms with Gasteiger partial charge in [0.25, 0.3) is 5.69 Å². The number of imidazole rings is 1. The molecule has 0 spiro atoms. The number of methoxy groups -OCH3 is 2. The van der Waals surface area contributed by atoms with Gasteiger partial charge in [0.05, 0.1) is 40.7 Å². The van der Waals surface area contributed by atoms with E-state index in [1.807, 2.05) is 0 Å². The van der Waals surface area contributed by atoms with E-state index < -0.39 is 9.85 Å². The number of non-ortho nitro benzene ring substituents is 1. The van der Waals surface area contributed by atoms with Gasteiger partial charge in [0.15, 0.2) is 0 Å². The first-order valence-corrected chi connectivity index (χ1v) is 6.99. The molecule has 0 bridgehead atoms. The molecule has 0 aliphatic carbocycles. The van der Waals surface area contributed by atoms with Gasteiger partial charge < -0.3 is 14.5 Å². The molecule has 1 aromatic heterocycles. The Kier molecular flexibility index (Phi) is 3.93. The van der Waals surface area contributed by atoms with E-state index in [1.54, 1.807) is 0 Å². The lowest BCUT2D eigenvalue weighted by Gasteiger charge is -2.09. The highest BCUT2D eigenvalue weighted by Crippen LogP contribution is 2.39. The minimum absolute atomic E-state index is 0.0531. The number of aromatic amines is 1. The van der Waals surface area contributed by atoms with Gasteiger partial charge in [0, 0.05) is 24.3 Å². The van der Waals surface area contributed by atoms with E-state index in [4.69, 9.17) is 9.47 Å². The third kappa shape index (κ3) is 2.80. The van der Waals surface area contributed by atoms with Crippen LogP contribution in [0.2, 0.25) is 0 Å². The maximum atomic E-state index is 11.2. The number of hydrogen-bond acceptors (Lipinski definition) is 7. The van der Waals surface area contributed by atoms with E-state index in [2.05, 4.69) is 9.97 Å². The van der Waals surface area contributed by atoms with Crippen LogP contribution >= 0.6 is 0 Å². The lowest BCUT2D eigenvalue weighted by Crippen LogP contribution is -1.97. The van der Waals surface area contributed by atoms with Crippen LogP contribution in [0.3, 0.4) is 0 Å². The molecule has 0 saturated carbocycles. The van der Waals surface area contributed by atoms with Crippen LogP contribution < -0.4 is 9.47 Å². The zero-order chi connectivity index (χ0) is 18.1. The Balaban J connectivity index is 2.20. The summed E-state index contributed by atoms with van der Waals surface area (Å²) < 4.78 is 10.3. The number of nitrogens with zero attached hydrogens (tertiary/aromatic N) is 3. The lowest BCUT2D eigenvalue weighted by atomic mass is 10.1. The minimum atomic E-state index is -0.574. The van der Waals surface area contributed by atoms with Crippen molar-refractivity contribution in [2.75, 3.05) is 14.2 Å². The van der Waals surface area contributed by atoms with Crippen molar-refractivity contribution in [1.82, 2.24) is 9.97 Å². The molecule has 10 heteroatoms. The highest BCUT2D eigenvalue weighted by molar-refractivity contribution is 5.83. The Labute approximate surface area is 140 Å². The molecule has 3 aromatic rings. The quantitative estimate of drug-likeness (QED) is 0.555. The van der Waals surface area contributed by atoms with E-state index in [0.29, 0.717) is 22.3 Å². The van der Waals surface area contributed by atoms with Crippen molar-refractivity contribution in [3.8, 4) is 22.9 Å². The molecule has 0 unspecified atom stereocenters. The fourth-order valence-corrected chi connectivity index (χ4v) is 2.45. The molecule has 0 aliphatic heterocycles. The molecule has 0 aliphatic rings. The number of nitro benzene ring substituents is 2. The van der Waals surface area contributed by atoms with Crippen molar-refractivity contribution in [2.45, 2.75) is 0 Å². The van der Waals surface area contributed by atoms with Gasteiger partial charge in [-0.15, -0.1) is 0 Å². The number of hydrogen-bond donors (Lipinski definition) is 1. The normalized spacial score (nSPS) is 10.6. The van der Waals surface area contributed by atoms with E-state index in [0.717, 1.165) is 0 Å². The first-order chi connectivity index (χ1) is 11.9. The number of aromatic nitrogens is 2. The smallest absolute Gasteiger partial charge is 0.311 e. The standard InChI is InChI=1S/C15H12N4O6/c1-24-13-7-14(25-2)12(19(22)23)6-9(13)15-16-10-4-3-8(18(20)21)5-11(10)17-15/h3-7H,1-2H3,(H,16,17). The molecule has 0 amide bonds. The first-order valence-electron chi connectivity index (χ1n) is 6.99. The van der Waals surface area contributed by atoms with Gasteiger partial charge in [0.2, 0.25) is 5.75 Å². The molecule has 1 N–H and O–H groups in total. The minimum Gasteiger partial charge on any atom is -0.496 e. The number of fused-ring (bicyclic) bond motifs is 1. The van der Waals surface area contributed by atoms with Gasteiger partial charge in [-0.05, 0) is 6.07 Å². The second-order valence-corrected chi connectivity index (χ2v) is 5.03. The summed E-state index contributed by atoms with van der Waals surface area (Å²) in [6, 6.07) is 6.85. The van der Waals surface area contributed by atoms with E-state index in [1.165, 1.54) is 44.6 Å². The van der Waals surface area contributed by atoms with E-state index >= 15 is 0 Å². The number of nitrogens with one attached hydrogen (secondary N) is 1. The summed E-state index contributed by atoms with van der Waals surface area (Å²) >= 11 is 0. The number of benzene rings is 2. The fourth-order valence-electron chi connectivity index (χ4n) is 2.45. The van der Waals surface area contributed by atoms with Crippen LogP contribution in [0.5, 0.6) is 11.5 Å². The van der Waals surface area contributed by atoms with E-state index in [9.17, 15) is 20.2 Å². The van der Waals surface area contributed by atoms with Crippen LogP contribution in [0.25, 0.3) is 22.4 Å². The average molecular weight is 344 g/mol. The molecule has 10 nitrogen and oxygen atoms in total. The molecule has 0 atom stereocenters. The molecule has 1 heterocycles. The summed E-state index contributed by atoms with van der Waals surface area (Å²) in [4.78, 5) is 28.3. The predicted molar refractivity (Wildman–Crippen MR) is 87.9 cm³/mol. The van der Waals surface area contributed by atoms with Crippen LogP contribution in [0.4, 0.5) is 11.4 Å². The van der Waals surface area contributed by atoms with Crippen LogP contribution in [-0.2, 0) is 0 Å². The largest absolute Gasteiger partial charge is 0.496 e. The summed E-state index contributed by atoms with van der Waals surface area (Å²) in [6.45, 7) is 0. The molecule has 0 radical (unpaired) electrons. The van der Waals surface area contributed by atoms with Gasteiger partial charge in [-0.25, -0.2) is 4.98 Å². The van der Waals surface area contributed by atoms with Crippen LogP contribution in [0, 0.1) is 20.2 Å². The van der Waals surface area contributed by atoms with Gasteiger partial charge in [-0.1, -0.05) is 0 Å². The predicted octanol–water partition coefficient (Wildman–Crippen LogP) is 3.06. The summed E-state index contributed by atoms with van der Waals surface area (Å²) in [5, 5.41) is 22.1. The molecule has 0 fully saturated rings. The maximum Gasteiger partial charge on any atom is 0.311 e. The highest BCUT2D eigenvalue weighted by Gasteiger charge is 2.22. The number of H-pyrrole nitrogens is 1. The topological polar surface area (TPSA) is 133 Å². The average Bonchev–Trinajstić information content (AvgIpc) is 3.03. The van der Waals surface area contributed by atoms with Crippen LogP contribution in [-0.4, -0.2) is 34.0 Å². The molecule has 2 aromatic carbocycles. The molecular formula is C15H12N4O6. The van der Waals surface area contributed by atoms with Crippen molar-refractivity contribution < 1.29 is 19.3 Å². The molecule has 3 rings (SSSR count). The van der Waals surface area contributed by atoms with Crippen molar-refractivity contribution in [2.24, 2.45) is 0 Å². The molecular weight excluding hydrogens is 332 g/mol. The van der Waals surface area contributed by atoms with Gasteiger partial charge in [0.1, 0.15) is 11.6 Å². The molecule has 128 valence electrons. The summed E-state index contributed by atoms with van der Waals surface area (Å²) in [5.41, 5.74) is 0.930. The summed E-state index contributed by atoms with van der Waals surface area (Å²) in [5.74, 6) is 0.659. The number of ether oxygens (including phenoxy) is 2. The highest BCUT2D eigenvalue weighted by atomic mass is 16.6. The fraction of sp³-hybridized carbons (Fsp3) is 0.133. The van der Waals surface area contributed by atoms with Crippen molar-refractivity contribution in [3.05, 3.63) is 50.6 Å². The van der Waals surface area contributed by atoms with Crippen molar-refractivity contribution in [1.29, 1.82) is 0 Å². The lowest BCUT2D eigenvalue weighted by molar-refractivity contribution is -0.385. The second-order valence-electron chi connectivity index (χ2n) is 5.03. The first kappa shape index (κ1) is 16.2. The van der Waals surface area contributed by atoms with Crippen molar-refractivity contribution in [3.63, 3.8) is 0 Å². The number of rotatable bonds is 5. The molecule has 25 heavy (non-hydrogen) atoms. The summed E-state index contributed by atoms with van der Waals surface area (Å²) in [7, 11) is 2.74. The Hall–Kier alpha value is -3.69. The van der Waals surface area contributed by atoms with Crippen LogP contribution in [0.15, 0.2) is 30.3 Å². The Bertz CT molecular complexity index is 997. The van der Waals surface area contributed by atoms with Crippen LogP contribution in [0.1, 0.15) is 0 Å². The van der Waals surface area contributed by atoms with Gasteiger partial charge in [-0.3, -0.25) is 20.2 Å². The number of nitro groups is 2. The third-order valence-corrected chi connectivity index (χ3v) is 3.63. The molecule has 0 saturated heterocycles. The van der Waals surface area contributed by atoms with Gasteiger partial charge >= 0.3 is 5.69 Å². The Morgan fingerprint density at radius 2 is 1.72 bits per heavy atom. The second kappa shape index (κ2) is 6.07. The Morgan fingerprint density at radius 3 is 2.32 bits per heavy atom. The summed E-state index contributed by atoms with van der Waals surface area (Å²) in [6.07, 6.45) is 0. The van der Waals surface area contributed by atoms with Crippen molar-refractivity contribution >= 4 is 22.4 Å². The SMILES string of the molecule is COc1cc(OC)c([N+](=O)[O-])cc1-c1nc2ccc([N+](=O)[O-])cc2[nH]1. The Morgan fingerprint density at radius 1 is 1.00 bits per heavy atom.